The van der Waals surface area contributed by atoms with E-state index in [4.69, 9.17) is 9.47 Å². The summed E-state index contributed by atoms with van der Waals surface area (Å²) in [6.07, 6.45) is -5.73. The maximum absolute atomic E-state index is 13.4. The number of carbonyl (C=O) groups excluding carboxylic acids is 2. The van der Waals surface area contributed by atoms with Crippen molar-refractivity contribution in [2.24, 2.45) is 0 Å². The first-order valence-electron chi connectivity index (χ1n) is 10.8. The lowest BCUT2D eigenvalue weighted by Crippen LogP contribution is -2.27. The number of H-pyrrole nitrogens is 1. The van der Waals surface area contributed by atoms with Gasteiger partial charge < -0.3 is 19.8 Å². The van der Waals surface area contributed by atoms with Gasteiger partial charge in [0.15, 0.2) is 6.10 Å². The molecule has 4 rings (SSSR count). The predicted octanol–water partition coefficient (Wildman–Crippen LogP) is 4.11. The Labute approximate surface area is 209 Å². The third-order valence-corrected chi connectivity index (χ3v) is 5.55. The molecule has 1 fully saturated rings. The first kappa shape index (κ1) is 27.0. The van der Waals surface area contributed by atoms with Crippen LogP contribution in [0.5, 0.6) is 0 Å². The molecule has 192 valence electrons. The number of cyclic esters (lactones) is 1. The number of nitrogens with zero attached hydrogens (tertiary/aromatic N) is 1. The van der Waals surface area contributed by atoms with Crippen LogP contribution in [0.1, 0.15) is 12.0 Å². The van der Waals surface area contributed by atoms with E-state index in [9.17, 15) is 27.6 Å². The van der Waals surface area contributed by atoms with E-state index in [1.54, 1.807) is 19.2 Å². The Kier molecular flexibility index (Phi) is 8.26. The van der Waals surface area contributed by atoms with Crippen molar-refractivity contribution < 1.29 is 32.2 Å². The molecule has 0 spiro atoms. The zero-order chi connectivity index (χ0) is 25.2. The summed E-state index contributed by atoms with van der Waals surface area (Å²) in [5, 5.41) is 3.44. The number of aromatic nitrogens is 1. The second kappa shape index (κ2) is 11.0. The summed E-state index contributed by atoms with van der Waals surface area (Å²) < 4.78 is 50.6. The Morgan fingerprint density at radius 3 is 2.67 bits per heavy atom. The van der Waals surface area contributed by atoms with Gasteiger partial charge in [0.1, 0.15) is 6.61 Å². The number of hydrogen-bond acceptors (Lipinski definition) is 6. The normalized spacial score (nSPS) is 15.5. The van der Waals surface area contributed by atoms with Crippen molar-refractivity contribution in [1.29, 1.82) is 0 Å². The molecular weight excluding hydrogens is 503 g/mol. The summed E-state index contributed by atoms with van der Waals surface area (Å²) in [4.78, 5) is 40.6. The minimum absolute atomic E-state index is 0. The summed E-state index contributed by atoms with van der Waals surface area (Å²) in [7, 11) is 1.71. The zero-order valence-electron chi connectivity index (χ0n) is 19.1. The lowest BCUT2D eigenvalue weighted by atomic mass is 10.0. The number of pyridine rings is 1. The first-order chi connectivity index (χ1) is 16.7. The second-order valence-electron chi connectivity index (χ2n) is 7.98. The highest BCUT2D eigenvalue weighted by Crippen LogP contribution is 2.36. The maximum atomic E-state index is 13.4. The molecule has 3 aromatic rings. The van der Waals surface area contributed by atoms with Gasteiger partial charge in [0.05, 0.1) is 18.5 Å². The van der Waals surface area contributed by atoms with Crippen LogP contribution < -0.4 is 15.8 Å². The van der Waals surface area contributed by atoms with Crippen LogP contribution in [0, 0.1) is 0 Å². The van der Waals surface area contributed by atoms with Gasteiger partial charge in [0.25, 0.3) is 5.56 Å². The van der Waals surface area contributed by atoms with E-state index in [2.05, 4.69) is 10.3 Å². The van der Waals surface area contributed by atoms with E-state index in [1.807, 2.05) is 0 Å². The van der Waals surface area contributed by atoms with Crippen LogP contribution >= 0.6 is 12.4 Å². The maximum Gasteiger partial charge on any atom is 0.417 e. The zero-order valence-corrected chi connectivity index (χ0v) is 19.9. The van der Waals surface area contributed by atoms with Crippen LogP contribution in [0.25, 0.3) is 22.0 Å². The molecule has 1 aliphatic rings. The molecule has 8 nitrogen and oxygen atoms in total. The van der Waals surface area contributed by atoms with Crippen LogP contribution in [0.15, 0.2) is 53.3 Å². The summed E-state index contributed by atoms with van der Waals surface area (Å²) in [5.74, 6) is -0.422. The van der Waals surface area contributed by atoms with E-state index in [0.29, 0.717) is 17.6 Å². The number of rotatable bonds is 7. The number of anilines is 1. The SMILES string of the molecule is CNCCC(=O)OCC1CN(c2ccc3cc(-c4ccccc4C(F)(F)F)[nH]c(=O)c3c2)C(=O)O1.Cl. The number of esters is 1. The number of halogens is 4. The fourth-order valence-electron chi connectivity index (χ4n) is 3.83. The smallest absolute Gasteiger partial charge is 0.417 e. The van der Waals surface area contributed by atoms with Crippen LogP contribution in [0.3, 0.4) is 0 Å². The highest BCUT2D eigenvalue weighted by Gasteiger charge is 2.34. The summed E-state index contributed by atoms with van der Waals surface area (Å²) in [5.41, 5.74) is -1.19. The van der Waals surface area contributed by atoms with Gasteiger partial charge in [0, 0.05) is 28.9 Å². The minimum Gasteiger partial charge on any atom is -0.462 e. The Morgan fingerprint density at radius 1 is 1.19 bits per heavy atom. The van der Waals surface area contributed by atoms with Crippen molar-refractivity contribution in [3.8, 4) is 11.3 Å². The lowest BCUT2D eigenvalue weighted by Gasteiger charge is -2.15. The van der Waals surface area contributed by atoms with Gasteiger partial charge in [-0.05, 0) is 36.7 Å². The van der Waals surface area contributed by atoms with Gasteiger partial charge in [-0.1, -0.05) is 24.3 Å². The van der Waals surface area contributed by atoms with Crippen molar-refractivity contribution in [1.82, 2.24) is 10.3 Å². The van der Waals surface area contributed by atoms with E-state index in [0.717, 1.165) is 6.07 Å². The average molecular weight is 526 g/mol. The van der Waals surface area contributed by atoms with Crippen molar-refractivity contribution in [2.75, 3.05) is 31.6 Å². The van der Waals surface area contributed by atoms with E-state index in [1.165, 1.54) is 35.2 Å². The van der Waals surface area contributed by atoms with Gasteiger partial charge in [0.2, 0.25) is 0 Å². The molecule has 0 aliphatic carbocycles. The quantitative estimate of drug-likeness (QED) is 0.450. The lowest BCUT2D eigenvalue weighted by molar-refractivity contribution is -0.145. The van der Waals surface area contributed by atoms with Crippen molar-refractivity contribution in [3.63, 3.8) is 0 Å². The Bertz CT molecular complexity index is 1330. The second-order valence-corrected chi connectivity index (χ2v) is 7.98. The fourth-order valence-corrected chi connectivity index (χ4v) is 3.83. The number of fused-ring (bicyclic) bond motifs is 1. The van der Waals surface area contributed by atoms with Gasteiger partial charge in [-0.2, -0.15) is 13.2 Å². The van der Waals surface area contributed by atoms with Crippen LogP contribution in [0.2, 0.25) is 0 Å². The Hall–Kier alpha value is -3.57. The molecule has 1 unspecified atom stereocenters. The average Bonchev–Trinajstić information content (AvgIpc) is 3.21. The first-order valence-corrected chi connectivity index (χ1v) is 10.8. The number of amides is 1. The van der Waals surface area contributed by atoms with E-state index in [-0.39, 0.29) is 48.6 Å². The molecule has 1 aliphatic heterocycles. The van der Waals surface area contributed by atoms with E-state index >= 15 is 0 Å². The van der Waals surface area contributed by atoms with Crippen LogP contribution in [0.4, 0.5) is 23.7 Å². The topological polar surface area (TPSA) is 101 Å². The molecule has 2 aromatic carbocycles. The fraction of sp³-hybridized carbons (Fsp3) is 0.292. The van der Waals surface area contributed by atoms with Crippen molar-refractivity contribution in [2.45, 2.75) is 18.7 Å². The minimum atomic E-state index is -4.58. The van der Waals surface area contributed by atoms with Gasteiger partial charge in [-0.25, -0.2) is 4.79 Å². The summed E-state index contributed by atoms with van der Waals surface area (Å²) >= 11 is 0. The molecule has 36 heavy (non-hydrogen) atoms. The molecule has 0 radical (unpaired) electrons. The summed E-state index contributed by atoms with van der Waals surface area (Å²) in [6.45, 7) is 0.476. The molecule has 12 heteroatoms. The highest BCUT2D eigenvalue weighted by molar-refractivity contribution is 5.94. The highest BCUT2D eigenvalue weighted by atomic mass is 35.5. The number of nitrogens with one attached hydrogen (secondary N) is 2. The van der Waals surface area contributed by atoms with Crippen molar-refractivity contribution >= 4 is 40.9 Å². The molecule has 1 saturated heterocycles. The Balaban J connectivity index is 0.00000361. The van der Waals surface area contributed by atoms with Crippen LogP contribution in [-0.2, 0) is 20.4 Å². The number of alkyl halides is 3. The van der Waals surface area contributed by atoms with E-state index < -0.39 is 35.5 Å². The molecule has 2 N–H and O–H groups in total. The molecule has 1 amide bonds. The standard InChI is InChI=1S/C24H22F3N3O5.ClH/c1-28-9-8-21(31)34-13-16-12-30(23(33)35-16)15-7-6-14-10-20(29-22(32)18(14)11-15)17-4-2-3-5-19(17)24(25,26)27;/h2-7,10-11,16,28H,8-9,12-13H2,1H3,(H,29,32);1H. The van der Waals surface area contributed by atoms with Gasteiger partial charge in [-0.15, -0.1) is 12.4 Å². The number of hydrogen-bond donors (Lipinski definition) is 2. The molecule has 0 saturated carbocycles. The van der Waals surface area contributed by atoms with Gasteiger partial charge >= 0.3 is 18.2 Å². The third-order valence-electron chi connectivity index (χ3n) is 5.55. The van der Waals surface area contributed by atoms with Crippen molar-refractivity contribution in [3.05, 3.63) is 64.4 Å². The predicted molar refractivity (Wildman–Crippen MR) is 129 cm³/mol. The molecule has 0 bridgehead atoms. The molecule has 2 heterocycles. The number of benzene rings is 2. The molecule has 1 atom stereocenters. The number of aromatic amines is 1. The van der Waals surface area contributed by atoms with Gasteiger partial charge in [-0.3, -0.25) is 14.5 Å². The molecular formula is C24H23ClF3N3O5. The monoisotopic (exact) mass is 525 g/mol. The third kappa shape index (κ3) is 5.80. The molecule has 1 aromatic heterocycles. The van der Waals surface area contributed by atoms with Crippen LogP contribution in [-0.4, -0.2) is 49.9 Å². The summed E-state index contributed by atoms with van der Waals surface area (Å²) in [6, 6.07) is 11.0. The largest absolute Gasteiger partial charge is 0.462 e. The number of carbonyl (C=O) groups is 2. The number of ether oxygens (including phenoxy) is 2. The Morgan fingerprint density at radius 2 is 1.94 bits per heavy atom.